The Bertz CT molecular complexity index is 489. The van der Waals surface area contributed by atoms with Crippen LogP contribution in [0.25, 0.3) is 0 Å². The van der Waals surface area contributed by atoms with Gasteiger partial charge in [0, 0.05) is 29.4 Å². The highest BCUT2D eigenvalue weighted by Crippen LogP contribution is 2.43. The number of nitrogens with one attached hydrogen (secondary N) is 1. The van der Waals surface area contributed by atoms with Crippen LogP contribution in [0.4, 0.5) is 0 Å². The monoisotopic (exact) mass is 308 g/mol. The SMILES string of the molecule is NNC(c1cc2c(s1)CCC2)C1CCOC2(CCOC2)C1. The minimum absolute atomic E-state index is 0.0436. The molecule has 5 heteroatoms. The first-order valence-electron chi connectivity index (χ1n) is 8.09. The molecule has 21 heavy (non-hydrogen) atoms. The summed E-state index contributed by atoms with van der Waals surface area (Å²) in [7, 11) is 0. The molecule has 3 heterocycles. The van der Waals surface area contributed by atoms with Crippen molar-refractivity contribution in [2.24, 2.45) is 11.8 Å². The van der Waals surface area contributed by atoms with Crippen LogP contribution >= 0.6 is 11.3 Å². The van der Waals surface area contributed by atoms with Gasteiger partial charge in [-0.05, 0) is 49.7 Å². The van der Waals surface area contributed by atoms with Crippen LogP contribution in [0.5, 0.6) is 0 Å². The molecule has 3 aliphatic rings. The van der Waals surface area contributed by atoms with Gasteiger partial charge in [0.1, 0.15) is 0 Å². The predicted molar refractivity (Wildman–Crippen MR) is 83.3 cm³/mol. The van der Waals surface area contributed by atoms with Gasteiger partial charge in [0.2, 0.25) is 0 Å². The second-order valence-electron chi connectivity index (χ2n) is 6.68. The van der Waals surface area contributed by atoms with E-state index in [0.29, 0.717) is 5.92 Å². The van der Waals surface area contributed by atoms with Gasteiger partial charge in [-0.1, -0.05) is 0 Å². The Balaban J connectivity index is 1.54. The molecule has 0 amide bonds. The van der Waals surface area contributed by atoms with Gasteiger partial charge in [0.15, 0.2) is 0 Å². The van der Waals surface area contributed by atoms with Gasteiger partial charge < -0.3 is 9.47 Å². The number of hydrogen-bond donors (Lipinski definition) is 2. The van der Waals surface area contributed by atoms with Gasteiger partial charge in [0.05, 0.1) is 18.2 Å². The second-order valence-corrected chi connectivity index (χ2v) is 7.85. The average Bonchev–Trinajstić information content (AvgIpc) is 3.16. The van der Waals surface area contributed by atoms with Gasteiger partial charge in [-0.25, -0.2) is 0 Å². The summed E-state index contributed by atoms with van der Waals surface area (Å²) < 4.78 is 11.6. The fourth-order valence-electron chi connectivity index (χ4n) is 4.17. The third-order valence-electron chi connectivity index (χ3n) is 5.32. The first kappa shape index (κ1) is 14.2. The molecule has 2 fully saturated rings. The summed E-state index contributed by atoms with van der Waals surface area (Å²) in [4.78, 5) is 3.00. The number of aryl methyl sites for hydroxylation is 2. The summed E-state index contributed by atoms with van der Waals surface area (Å²) in [6.07, 6.45) is 6.99. The van der Waals surface area contributed by atoms with Crippen molar-refractivity contribution in [3.8, 4) is 0 Å². The second kappa shape index (κ2) is 5.63. The Morgan fingerprint density at radius 3 is 3.10 bits per heavy atom. The molecule has 2 saturated heterocycles. The van der Waals surface area contributed by atoms with E-state index in [4.69, 9.17) is 15.3 Å². The molecule has 3 N–H and O–H groups in total. The van der Waals surface area contributed by atoms with E-state index in [1.165, 1.54) is 24.1 Å². The van der Waals surface area contributed by atoms with Gasteiger partial charge in [-0.15, -0.1) is 11.3 Å². The Kier molecular flexibility index (Phi) is 3.79. The molecule has 1 aliphatic carbocycles. The normalized spacial score (nSPS) is 33.5. The molecule has 4 nitrogen and oxygen atoms in total. The molecule has 0 bridgehead atoms. The number of fused-ring (bicyclic) bond motifs is 1. The molecule has 0 saturated carbocycles. The lowest BCUT2D eigenvalue weighted by atomic mass is 9.81. The maximum absolute atomic E-state index is 6.06. The zero-order valence-electron chi connectivity index (χ0n) is 12.4. The lowest BCUT2D eigenvalue weighted by Crippen LogP contribution is -2.45. The van der Waals surface area contributed by atoms with E-state index in [0.717, 1.165) is 39.1 Å². The Labute approximate surface area is 130 Å². The number of hydrogen-bond acceptors (Lipinski definition) is 5. The minimum atomic E-state index is -0.0436. The van der Waals surface area contributed by atoms with Gasteiger partial charge in [-0.2, -0.15) is 0 Å². The van der Waals surface area contributed by atoms with Gasteiger partial charge in [0.25, 0.3) is 0 Å². The van der Waals surface area contributed by atoms with Crippen LogP contribution in [-0.4, -0.2) is 25.4 Å². The summed E-state index contributed by atoms with van der Waals surface area (Å²) in [6, 6.07) is 2.66. The summed E-state index contributed by atoms with van der Waals surface area (Å²) in [5, 5.41) is 0. The zero-order chi connectivity index (χ0) is 14.3. The number of ether oxygens (including phenoxy) is 2. The molecule has 1 spiro atoms. The largest absolute Gasteiger partial charge is 0.378 e. The molecule has 1 aromatic heterocycles. The maximum Gasteiger partial charge on any atom is 0.0940 e. The van der Waals surface area contributed by atoms with Crippen molar-refractivity contribution in [1.29, 1.82) is 0 Å². The van der Waals surface area contributed by atoms with Crippen LogP contribution in [0.2, 0.25) is 0 Å². The van der Waals surface area contributed by atoms with Crippen LogP contribution in [0.1, 0.15) is 47.0 Å². The zero-order valence-corrected chi connectivity index (χ0v) is 13.2. The van der Waals surface area contributed by atoms with Crippen LogP contribution in [0.3, 0.4) is 0 Å². The summed E-state index contributed by atoms with van der Waals surface area (Å²) in [6.45, 7) is 2.42. The van der Waals surface area contributed by atoms with E-state index in [1.807, 2.05) is 11.3 Å². The van der Waals surface area contributed by atoms with Crippen LogP contribution in [0, 0.1) is 5.92 Å². The molecule has 3 atom stereocenters. The van der Waals surface area contributed by atoms with Crippen molar-refractivity contribution in [1.82, 2.24) is 5.43 Å². The molecule has 0 aromatic carbocycles. The highest BCUT2D eigenvalue weighted by Gasteiger charge is 2.43. The van der Waals surface area contributed by atoms with Crippen LogP contribution < -0.4 is 11.3 Å². The standard InChI is InChI=1S/C16H24N2O2S/c17-18-15(14-8-11-2-1-3-13(11)21-14)12-4-6-20-16(9-12)5-7-19-10-16/h8,12,15,18H,1-7,9-10,17H2. The van der Waals surface area contributed by atoms with E-state index < -0.39 is 0 Å². The van der Waals surface area contributed by atoms with Crippen molar-refractivity contribution in [2.45, 2.75) is 50.2 Å². The molecule has 1 aromatic rings. The third-order valence-corrected chi connectivity index (χ3v) is 6.64. The van der Waals surface area contributed by atoms with Gasteiger partial charge in [-0.3, -0.25) is 11.3 Å². The highest BCUT2D eigenvalue weighted by atomic mass is 32.1. The Morgan fingerprint density at radius 1 is 1.38 bits per heavy atom. The average molecular weight is 308 g/mol. The van der Waals surface area contributed by atoms with Crippen LogP contribution in [-0.2, 0) is 22.3 Å². The van der Waals surface area contributed by atoms with Crippen molar-refractivity contribution in [2.75, 3.05) is 19.8 Å². The molecule has 3 unspecified atom stereocenters. The minimum Gasteiger partial charge on any atom is -0.378 e. The van der Waals surface area contributed by atoms with E-state index in [2.05, 4.69) is 11.5 Å². The van der Waals surface area contributed by atoms with E-state index >= 15 is 0 Å². The molecule has 0 radical (unpaired) electrons. The number of thiophene rings is 1. The van der Waals surface area contributed by atoms with Crippen LogP contribution in [0.15, 0.2) is 6.07 Å². The quantitative estimate of drug-likeness (QED) is 0.665. The fraction of sp³-hybridized carbons (Fsp3) is 0.750. The lowest BCUT2D eigenvalue weighted by Gasteiger charge is -2.40. The van der Waals surface area contributed by atoms with E-state index in [9.17, 15) is 0 Å². The maximum atomic E-state index is 6.06. The van der Waals surface area contributed by atoms with Crippen molar-refractivity contribution in [3.63, 3.8) is 0 Å². The molecular formula is C16H24N2O2S. The summed E-state index contributed by atoms with van der Waals surface area (Å²) in [5.41, 5.74) is 4.61. The topological polar surface area (TPSA) is 56.5 Å². The first-order chi connectivity index (χ1) is 10.3. The summed E-state index contributed by atoms with van der Waals surface area (Å²) >= 11 is 1.96. The number of hydrazine groups is 1. The van der Waals surface area contributed by atoms with Crippen molar-refractivity contribution < 1.29 is 9.47 Å². The molecule has 116 valence electrons. The Hall–Kier alpha value is -0.460. The van der Waals surface area contributed by atoms with E-state index in [1.54, 1.807) is 10.4 Å². The smallest absolute Gasteiger partial charge is 0.0940 e. The fourth-order valence-corrected chi connectivity index (χ4v) is 5.58. The van der Waals surface area contributed by atoms with Gasteiger partial charge >= 0.3 is 0 Å². The van der Waals surface area contributed by atoms with Crippen molar-refractivity contribution in [3.05, 3.63) is 21.4 Å². The highest BCUT2D eigenvalue weighted by molar-refractivity contribution is 7.12. The van der Waals surface area contributed by atoms with Crippen molar-refractivity contribution >= 4 is 11.3 Å². The molecular weight excluding hydrogens is 284 g/mol. The lowest BCUT2D eigenvalue weighted by molar-refractivity contribution is -0.103. The predicted octanol–water partition coefficient (Wildman–Crippen LogP) is 2.33. The van der Waals surface area contributed by atoms with E-state index in [-0.39, 0.29) is 11.6 Å². The number of rotatable bonds is 3. The molecule has 2 aliphatic heterocycles. The first-order valence-corrected chi connectivity index (χ1v) is 8.91. The third kappa shape index (κ3) is 2.55. The Morgan fingerprint density at radius 2 is 2.33 bits per heavy atom. The molecule has 4 rings (SSSR count). The summed E-state index contributed by atoms with van der Waals surface area (Å²) in [5.74, 6) is 6.47. The number of nitrogens with two attached hydrogens (primary N) is 1.